The zero-order valence-corrected chi connectivity index (χ0v) is 18.4. The van der Waals surface area contributed by atoms with Crippen LogP contribution in [-0.2, 0) is 19.8 Å². The third kappa shape index (κ3) is 6.54. The van der Waals surface area contributed by atoms with Gasteiger partial charge in [0.1, 0.15) is 0 Å². The Labute approximate surface area is 178 Å². The van der Waals surface area contributed by atoms with Gasteiger partial charge in [-0.05, 0) is 53.7 Å². The van der Waals surface area contributed by atoms with Crippen LogP contribution in [0.25, 0.3) is 5.57 Å². The monoisotopic (exact) mass is 415 g/mol. The number of hydrogen-bond donors (Lipinski definition) is 4. The molecule has 0 saturated carbocycles. The molecule has 29 heavy (non-hydrogen) atoms. The molecule has 1 aromatic carbocycles. The highest BCUT2D eigenvalue weighted by Gasteiger charge is 2.16. The van der Waals surface area contributed by atoms with E-state index in [1.807, 2.05) is 44.2 Å². The highest BCUT2D eigenvalue weighted by molar-refractivity contribution is 7.17. The van der Waals surface area contributed by atoms with E-state index in [0.29, 0.717) is 19.4 Å². The van der Waals surface area contributed by atoms with E-state index in [0.717, 1.165) is 28.1 Å². The first-order valence-corrected chi connectivity index (χ1v) is 11.1. The quantitative estimate of drug-likeness (QED) is 0.379. The van der Waals surface area contributed by atoms with Gasteiger partial charge in [0, 0.05) is 11.4 Å². The summed E-state index contributed by atoms with van der Waals surface area (Å²) in [6, 6.07) is 9.96. The van der Waals surface area contributed by atoms with Gasteiger partial charge < -0.3 is 20.6 Å². The van der Waals surface area contributed by atoms with Gasteiger partial charge in [-0.15, -0.1) is 11.3 Å². The maximum Gasteiger partial charge on any atom is 0.0891 e. The van der Waals surface area contributed by atoms with Gasteiger partial charge in [0.15, 0.2) is 0 Å². The van der Waals surface area contributed by atoms with E-state index in [1.165, 1.54) is 10.5 Å². The average molecular weight is 416 g/mol. The Morgan fingerprint density at radius 3 is 2.38 bits per heavy atom. The van der Waals surface area contributed by atoms with Crippen LogP contribution in [0.4, 0.5) is 5.00 Å². The van der Waals surface area contributed by atoms with Crippen molar-refractivity contribution in [2.75, 3.05) is 5.32 Å². The van der Waals surface area contributed by atoms with Gasteiger partial charge >= 0.3 is 0 Å². The molecule has 0 bridgehead atoms. The highest BCUT2D eigenvalue weighted by Crippen LogP contribution is 2.30. The standard InChI is InChI=1S/C24H33NO3S/c1-4-19(8-7-13-24(28,5-2)6-3)22-11-12-23(29-22)25-15-18-9-10-20(16-26)21(14-18)17-27/h7-14,25-28H,4-6,15-17H2,1-3H3/b13-7+,19-8-. The predicted molar refractivity (Wildman–Crippen MR) is 123 cm³/mol. The summed E-state index contributed by atoms with van der Waals surface area (Å²) in [5.74, 6) is 0. The number of hydrogen-bond acceptors (Lipinski definition) is 5. The molecule has 158 valence electrons. The van der Waals surface area contributed by atoms with Gasteiger partial charge in [0.2, 0.25) is 0 Å². The van der Waals surface area contributed by atoms with Crippen LogP contribution in [-0.4, -0.2) is 20.9 Å². The summed E-state index contributed by atoms with van der Waals surface area (Å²) >= 11 is 1.71. The molecule has 0 unspecified atom stereocenters. The molecule has 0 spiro atoms. The van der Waals surface area contributed by atoms with Crippen LogP contribution < -0.4 is 5.32 Å². The minimum Gasteiger partial charge on any atom is -0.392 e. The van der Waals surface area contributed by atoms with E-state index >= 15 is 0 Å². The lowest BCUT2D eigenvalue weighted by Crippen LogP contribution is -2.22. The Bertz CT molecular complexity index is 834. The molecule has 0 atom stereocenters. The molecule has 2 rings (SSSR count). The summed E-state index contributed by atoms with van der Waals surface area (Å²) in [6.07, 6.45) is 8.29. The highest BCUT2D eigenvalue weighted by atomic mass is 32.1. The smallest absolute Gasteiger partial charge is 0.0891 e. The molecule has 0 saturated heterocycles. The Balaban J connectivity index is 2.05. The van der Waals surface area contributed by atoms with Crippen molar-refractivity contribution in [2.24, 2.45) is 0 Å². The maximum absolute atomic E-state index is 10.4. The molecule has 4 N–H and O–H groups in total. The third-order valence-electron chi connectivity index (χ3n) is 5.31. The summed E-state index contributed by atoms with van der Waals surface area (Å²) < 4.78 is 0. The number of benzene rings is 1. The summed E-state index contributed by atoms with van der Waals surface area (Å²) in [5.41, 5.74) is 3.10. The summed E-state index contributed by atoms with van der Waals surface area (Å²) in [6.45, 7) is 6.65. The van der Waals surface area contributed by atoms with Crippen LogP contribution >= 0.6 is 11.3 Å². The molecular weight excluding hydrogens is 382 g/mol. The number of aliphatic hydroxyl groups excluding tert-OH is 2. The van der Waals surface area contributed by atoms with Gasteiger partial charge in [-0.3, -0.25) is 0 Å². The van der Waals surface area contributed by atoms with Crippen molar-refractivity contribution in [2.45, 2.75) is 65.4 Å². The largest absolute Gasteiger partial charge is 0.392 e. The number of aliphatic hydroxyl groups is 3. The van der Waals surface area contributed by atoms with Gasteiger partial charge in [0.25, 0.3) is 0 Å². The van der Waals surface area contributed by atoms with E-state index in [1.54, 1.807) is 11.3 Å². The molecule has 0 amide bonds. The zero-order chi connectivity index (χ0) is 21.3. The number of rotatable bonds is 11. The van der Waals surface area contributed by atoms with Crippen LogP contribution in [0.15, 0.2) is 48.6 Å². The van der Waals surface area contributed by atoms with E-state index in [-0.39, 0.29) is 13.2 Å². The summed E-state index contributed by atoms with van der Waals surface area (Å²) in [7, 11) is 0. The van der Waals surface area contributed by atoms with Crippen LogP contribution in [0.5, 0.6) is 0 Å². The molecule has 5 heteroatoms. The van der Waals surface area contributed by atoms with Crippen molar-refractivity contribution in [3.05, 3.63) is 70.1 Å². The molecule has 0 aliphatic rings. The van der Waals surface area contributed by atoms with Crippen molar-refractivity contribution in [1.29, 1.82) is 0 Å². The van der Waals surface area contributed by atoms with E-state index in [9.17, 15) is 15.3 Å². The first-order chi connectivity index (χ1) is 14.0. The average Bonchev–Trinajstić information content (AvgIpc) is 3.23. The molecular formula is C24H33NO3S. The van der Waals surface area contributed by atoms with Crippen molar-refractivity contribution >= 4 is 21.9 Å². The molecule has 0 aliphatic carbocycles. The molecule has 4 nitrogen and oxygen atoms in total. The molecule has 1 aromatic heterocycles. The van der Waals surface area contributed by atoms with Crippen molar-refractivity contribution in [3.8, 4) is 0 Å². The Morgan fingerprint density at radius 2 is 1.76 bits per heavy atom. The first-order valence-electron chi connectivity index (χ1n) is 10.3. The number of nitrogens with one attached hydrogen (secondary N) is 1. The van der Waals surface area contributed by atoms with Crippen LogP contribution in [0.1, 0.15) is 61.6 Å². The maximum atomic E-state index is 10.4. The SMILES string of the molecule is CC/C(=C/C=C/C(O)(CC)CC)c1ccc(NCc2ccc(CO)c(CO)c2)s1. The second-order valence-corrected chi connectivity index (χ2v) is 8.24. The number of thiophene rings is 1. The molecule has 2 aromatic rings. The lowest BCUT2D eigenvalue weighted by Gasteiger charge is -2.19. The van der Waals surface area contributed by atoms with Crippen LogP contribution in [0.3, 0.4) is 0 Å². The fraction of sp³-hybridized carbons (Fsp3) is 0.417. The second-order valence-electron chi connectivity index (χ2n) is 7.15. The van der Waals surface area contributed by atoms with E-state index < -0.39 is 5.60 Å². The van der Waals surface area contributed by atoms with Gasteiger partial charge in [-0.2, -0.15) is 0 Å². The van der Waals surface area contributed by atoms with E-state index in [4.69, 9.17) is 0 Å². The molecule has 0 aliphatic heterocycles. The molecule has 0 fully saturated rings. The summed E-state index contributed by atoms with van der Waals surface area (Å²) in [4.78, 5) is 1.21. The van der Waals surface area contributed by atoms with Gasteiger partial charge in [0.05, 0.1) is 23.8 Å². The fourth-order valence-electron chi connectivity index (χ4n) is 3.09. The fourth-order valence-corrected chi connectivity index (χ4v) is 4.09. The van der Waals surface area contributed by atoms with Crippen molar-refractivity contribution < 1.29 is 15.3 Å². The third-order valence-corrected chi connectivity index (χ3v) is 6.43. The van der Waals surface area contributed by atoms with Crippen molar-refractivity contribution in [1.82, 2.24) is 0 Å². The number of anilines is 1. The minimum absolute atomic E-state index is 0.0631. The molecule has 1 heterocycles. The minimum atomic E-state index is -0.726. The lowest BCUT2D eigenvalue weighted by molar-refractivity contribution is 0.0828. The Morgan fingerprint density at radius 1 is 1.03 bits per heavy atom. The zero-order valence-electron chi connectivity index (χ0n) is 17.6. The van der Waals surface area contributed by atoms with E-state index in [2.05, 4.69) is 30.4 Å². The first kappa shape index (κ1) is 23.4. The lowest BCUT2D eigenvalue weighted by atomic mass is 9.97. The Hall–Kier alpha value is -1.92. The topological polar surface area (TPSA) is 72.7 Å². The Kier molecular flexibility index (Phi) is 9.11. The summed E-state index contributed by atoms with van der Waals surface area (Å²) in [5, 5.41) is 33.7. The normalized spacial score (nSPS) is 12.7. The van der Waals surface area contributed by atoms with Gasteiger partial charge in [-0.25, -0.2) is 0 Å². The van der Waals surface area contributed by atoms with Crippen LogP contribution in [0, 0.1) is 0 Å². The molecule has 0 radical (unpaired) electrons. The number of allylic oxidation sites excluding steroid dienone is 3. The van der Waals surface area contributed by atoms with Crippen molar-refractivity contribution in [3.63, 3.8) is 0 Å². The van der Waals surface area contributed by atoms with Crippen LogP contribution in [0.2, 0.25) is 0 Å². The second kappa shape index (κ2) is 11.3. The predicted octanol–water partition coefficient (Wildman–Crippen LogP) is 5.25. The van der Waals surface area contributed by atoms with Gasteiger partial charge in [-0.1, -0.05) is 57.2 Å².